The van der Waals surface area contributed by atoms with Crippen molar-refractivity contribution in [1.29, 1.82) is 0 Å². The van der Waals surface area contributed by atoms with Crippen molar-refractivity contribution in [1.82, 2.24) is 9.80 Å². The highest BCUT2D eigenvalue weighted by molar-refractivity contribution is 7.10. The van der Waals surface area contributed by atoms with Gasteiger partial charge < -0.3 is 19.5 Å². The van der Waals surface area contributed by atoms with Crippen molar-refractivity contribution in [2.75, 3.05) is 39.4 Å². The van der Waals surface area contributed by atoms with E-state index in [0.717, 1.165) is 18.4 Å². The van der Waals surface area contributed by atoms with E-state index < -0.39 is 6.10 Å². The third-order valence-corrected chi connectivity index (χ3v) is 7.19. The lowest BCUT2D eigenvalue weighted by Gasteiger charge is -2.37. The van der Waals surface area contributed by atoms with Gasteiger partial charge in [0.05, 0.1) is 12.6 Å². The van der Waals surface area contributed by atoms with Crippen LogP contribution in [0.15, 0.2) is 66.0 Å². The van der Waals surface area contributed by atoms with Crippen molar-refractivity contribution in [3.05, 3.63) is 82.3 Å². The van der Waals surface area contributed by atoms with Crippen LogP contribution < -0.4 is 9.47 Å². The van der Waals surface area contributed by atoms with E-state index in [9.17, 15) is 14.3 Å². The molecule has 2 heterocycles. The van der Waals surface area contributed by atoms with Gasteiger partial charge >= 0.3 is 0 Å². The van der Waals surface area contributed by atoms with Crippen molar-refractivity contribution < 1.29 is 23.8 Å². The van der Waals surface area contributed by atoms with E-state index in [1.807, 2.05) is 40.1 Å². The van der Waals surface area contributed by atoms with Gasteiger partial charge in [-0.15, -0.1) is 11.3 Å². The predicted octanol–water partition coefficient (Wildman–Crippen LogP) is 4.54. The maximum Gasteiger partial charge on any atom is 0.237 e. The average molecular weight is 513 g/mol. The molecule has 0 unspecified atom stereocenters. The SMILES string of the molecule is CCCN(CC(=O)N1CCc2sccc2[C@H]1COc1ccc(F)cc1)C[C@H](O)COc1ccccc1. The molecule has 1 amide bonds. The van der Waals surface area contributed by atoms with Crippen LogP contribution in [0.2, 0.25) is 0 Å². The van der Waals surface area contributed by atoms with Crippen LogP contribution in [0.25, 0.3) is 0 Å². The Morgan fingerprint density at radius 3 is 2.64 bits per heavy atom. The molecule has 1 aliphatic rings. The molecule has 36 heavy (non-hydrogen) atoms. The lowest BCUT2D eigenvalue weighted by molar-refractivity contribution is -0.136. The molecule has 0 spiro atoms. The molecule has 0 fully saturated rings. The normalized spacial score (nSPS) is 16.0. The molecule has 6 nitrogen and oxygen atoms in total. The minimum absolute atomic E-state index is 0.00387. The highest BCUT2D eigenvalue weighted by atomic mass is 32.1. The zero-order valence-corrected chi connectivity index (χ0v) is 21.3. The molecule has 0 bridgehead atoms. The molecule has 0 aliphatic carbocycles. The number of hydrogen-bond donors (Lipinski definition) is 1. The molecule has 192 valence electrons. The lowest BCUT2D eigenvalue weighted by Crippen LogP contribution is -2.48. The smallest absolute Gasteiger partial charge is 0.237 e. The van der Waals surface area contributed by atoms with Crippen LogP contribution in [0.4, 0.5) is 4.39 Å². The fourth-order valence-corrected chi connectivity index (χ4v) is 5.40. The molecule has 1 N–H and O–H groups in total. The summed E-state index contributed by atoms with van der Waals surface area (Å²) in [5.41, 5.74) is 1.11. The fraction of sp³-hybridized carbons (Fsp3) is 0.393. The van der Waals surface area contributed by atoms with Crippen LogP contribution in [0.3, 0.4) is 0 Å². The molecule has 1 aromatic heterocycles. The molecule has 1 aliphatic heterocycles. The van der Waals surface area contributed by atoms with Crippen LogP contribution in [0.5, 0.6) is 11.5 Å². The quantitative estimate of drug-likeness (QED) is 0.386. The van der Waals surface area contributed by atoms with Gasteiger partial charge in [-0.25, -0.2) is 4.39 Å². The second-order valence-corrected chi connectivity index (χ2v) is 9.93. The van der Waals surface area contributed by atoms with E-state index in [2.05, 4.69) is 18.4 Å². The molecule has 2 aromatic carbocycles. The van der Waals surface area contributed by atoms with Crippen molar-refractivity contribution in [3.63, 3.8) is 0 Å². The number of benzene rings is 2. The molecular formula is C28H33FN2O4S. The number of hydrogen-bond acceptors (Lipinski definition) is 6. The Balaban J connectivity index is 1.38. The fourth-order valence-electron chi connectivity index (χ4n) is 4.47. The molecule has 0 saturated heterocycles. The predicted molar refractivity (Wildman–Crippen MR) is 139 cm³/mol. The van der Waals surface area contributed by atoms with Crippen molar-refractivity contribution >= 4 is 17.2 Å². The largest absolute Gasteiger partial charge is 0.491 e. The van der Waals surface area contributed by atoms with Crippen LogP contribution in [0, 0.1) is 5.82 Å². The third kappa shape index (κ3) is 7.06. The summed E-state index contributed by atoms with van der Waals surface area (Å²) < 4.78 is 24.9. The average Bonchev–Trinajstić information content (AvgIpc) is 3.37. The zero-order valence-electron chi connectivity index (χ0n) is 20.5. The molecule has 8 heteroatoms. The number of aliphatic hydroxyl groups excluding tert-OH is 1. The van der Waals surface area contributed by atoms with E-state index in [-0.39, 0.29) is 30.9 Å². The Labute approximate surface area is 215 Å². The van der Waals surface area contributed by atoms with Crippen LogP contribution >= 0.6 is 11.3 Å². The number of carbonyl (C=O) groups is 1. The number of fused-ring (bicyclic) bond motifs is 1. The van der Waals surface area contributed by atoms with E-state index in [4.69, 9.17) is 9.47 Å². The Bertz CT molecular complexity index is 1090. The minimum atomic E-state index is -0.716. The Kier molecular flexibility index (Phi) is 9.33. The lowest BCUT2D eigenvalue weighted by atomic mass is 10.0. The van der Waals surface area contributed by atoms with Gasteiger partial charge in [0.25, 0.3) is 0 Å². The standard InChI is InChI=1S/C28H33FN2O4S/c1-2-14-30(17-22(32)19-34-23-6-4-3-5-7-23)18-28(33)31-15-12-27-25(13-16-36-27)26(31)20-35-24-10-8-21(29)9-11-24/h3-11,13,16,22,26,32H,2,12,14-15,17-20H2,1H3/t22-,26+/m0/s1. The van der Waals surface area contributed by atoms with Gasteiger partial charge in [-0.3, -0.25) is 9.69 Å². The number of aliphatic hydroxyl groups is 1. The first kappa shape index (κ1) is 26.1. The van der Waals surface area contributed by atoms with Crippen LogP contribution in [0.1, 0.15) is 29.8 Å². The van der Waals surface area contributed by atoms with E-state index in [0.29, 0.717) is 37.7 Å². The summed E-state index contributed by atoms with van der Waals surface area (Å²) in [5, 5.41) is 12.6. The summed E-state index contributed by atoms with van der Waals surface area (Å²) in [6.07, 6.45) is 0.963. The number of rotatable bonds is 12. The highest BCUT2D eigenvalue weighted by Crippen LogP contribution is 2.34. The maximum atomic E-state index is 13.5. The second-order valence-electron chi connectivity index (χ2n) is 8.93. The monoisotopic (exact) mass is 512 g/mol. The molecule has 0 saturated carbocycles. The number of para-hydroxylation sites is 1. The van der Waals surface area contributed by atoms with E-state index >= 15 is 0 Å². The summed E-state index contributed by atoms with van der Waals surface area (Å²) in [4.78, 5) is 18.7. The number of carbonyl (C=O) groups excluding carboxylic acids is 1. The first-order valence-electron chi connectivity index (χ1n) is 12.4. The zero-order chi connectivity index (χ0) is 25.3. The summed E-state index contributed by atoms with van der Waals surface area (Å²) in [7, 11) is 0. The molecule has 2 atom stereocenters. The van der Waals surface area contributed by atoms with Gasteiger partial charge in [0, 0.05) is 18.0 Å². The summed E-state index contributed by atoms with van der Waals surface area (Å²) in [5.74, 6) is 0.965. The van der Waals surface area contributed by atoms with Crippen LogP contribution in [-0.4, -0.2) is 66.3 Å². The highest BCUT2D eigenvalue weighted by Gasteiger charge is 2.33. The molecule has 4 rings (SSSR count). The van der Waals surface area contributed by atoms with Crippen molar-refractivity contribution in [2.24, 2.45) is 0 Å². The number of ether oxygens (including phenoxy) is 2. The topological polar surface area (TPSA) is 62.2 Å². The number of nitrogens with zero attached hydrogens (tertiary/aromatic N) is 2. The van der Waals surface area contributed by atoms with Crippen molar-refractivity contribution in [2.45, 2.75) is 31.9 Å². The Morgan fingerprint density at radius 1 is 1.14 bits per heavy atom. The number of amides is 1. The van der Waals surface area contributed by atoms with Crippen molar-refractivity contribution in [3.8, 4) is 11.5 Å². The molecule has 3 aromatic rings. The van der Waals surface area contributed by atoms with Gasteiger partial charge in [-0.2, -0.15) is 0 Å². The van der Waals surface area contributed by atoms with E-state index in [1.54, 1.807) is 23.5 Å². The number of halogens is 1. The molecular weight excluding hydrogens is 479 g/mol. The summed E-state index contributed by atoms with van der Waals surface area (Å²) in [6.45, 7) is 4.38. The van der Waals surface area contributed by atoms with Gasteiger partial charge in [0.1, 0.15) is 36.6 Å². The van der Waals surface area contributed by atoms with Crippen LogP contribution in [-0.2, 0) is 11.2 Å². The minimum Gasteiger partial charge on any atom is -0.491 e. The Morgan fingerprint density at radius 2 is 1.89 bits per heavy atom. The number of thiophene rings is 1. The van der Waals surface area contributed by atoms with E-state index in [1.165, 1.54) is 17.0 Å². The van der Waals surface area contributed by atoms with Gasteiger partial charge in [-0.1, -0.05) is 25.1 Å². The first-order chi connectivity index (χ1) is 17.5. The van der Waals surface area contributed by atoms with Gasteiger partial charge in [0.15, 0.2) is 0 Å². The second kappa shape index (κ2) is 12.9. The molecule has 0 radical (unpaired) electrons. The summed E-state index contributed by atoms with van der Waals surface area (Å²) >= 11 is 1.70. The summed E-state index contributed by atoms with van der Waals surface area (Å²) in [6, 6.07) is 17.2. The Hall–Kier alpha value is -2.94. The maximum absolute atomic E-state index is 13.5. The van der Waals surface area contributed by atoms with Gasteiger partial charge in [0.2, 0.25) is 5.91 Å². The van der Waals surface area contributed by atoms with Gasteiger partial charge in [-0.05, 0) is 72.8 Å². The third-order valence-electron chi connectivity index (χ3n) is 6.19. The first-order valence-corrected chi connectivity index (χ1v) is 13.2.